The molecule has 0 spiro atoms. The first-order valence-electron chi connectivity index (χ1n) is 9.11. The minimum absolute atomic E-state index is 0.0142. The number of terminal acetylenes is 1. The second-order valence-electron chi connectivity index (χ2n) is 6.16. The minimum atomic E-state index is -0.788. The molecule has 4 nitrogen and oxygen atoms in total. The largest absolute Gasteiger partial charge is 0.463 e. The molecule has 4 heteroatoms. The number of hydrogen-bond acceptors (Lipinski definition) is 4. The lowest BCUT2D eigenvalue weighted by Gasteiger charge is -2.12. The summed E-state index contributed by atoms with van der Waals surface area (Å²) < 4.78 is 10.5. The van der Waals surface area contributed by atoms with E-state index in [4.69, 9.17) is 15.9 Å². The van der Waals surface area contributed by atoms with E-state index >= 15 is 0 Å². The van der Waals surface area contributed by atoms with Gasteiger partial charge in [-0.3, -0.25) is 4.79 Å². The Hall–Kier alpha value is -1.83. The van der Waals surface area contributed by atoms with Crippen molar-refractivity contribution in [3.63, 3.8) is 0 Å². The SMILES string of the molecule is C#CCCCCCCCCC(=O)OC[C@@H](O)COCc1ccccc1. The quantitative estimate of drug-likeness (QED) is 0.316. The van der Waals surface area contributed by atoms with Crippen LogP contribution in [0.3, 0.4) is 0 Å². The Kier molecular flexibility index (Phi) is 12.3. The summed E-state index contributed by atoms with van der Waals surface area (Å²) in [6.07, 6.45) is 12.0. The number of carbonyl (C=O) groups is 1. The van der Waals surface area contributed by atoms with Gasteiger partial charge in [0.25, 0.3) is 0 Å². The van der Waals surface area contributed by atoms with Crippen LogP contribution in [-0.4, -0.2) is 30.4 Å². The van der Waals surface area contributed by atoms with E-state index in [0.717, 1.165) is 50.5 Å². The molecule has 1 aromatic carbocycles. The van der Waals surface area contributed by atoms with E-state index in [0.29, 0.717) is 13.0 Å². The molecule has 0 aliphatic rings. The molecule has 1 atom stereocenters. The predicted molar refractivity (Wildman–Crippen MR) is 98.8 cm³/mol. The number of aliphatic hydroxyl groups is 1. The predicted octanol–water partition coefficient (Wildman–Crippen LogP) is 3.86. The van der Waals surface area contributed by atoms with Gasteiger partial charge in [-0.15, -0.1) is 12.3 Å². The van der Waals surface area contributed by atoms with Crippen molar-refractivity contribution in [3.8, 4) is 12.3 Å². The van der Waals surface area contributed by atoms with Crippen LogP contribution >= 0.6 is 0 Å². The Morgan fingerprint density at radius 3 is 2.44 bits per heavy atom. The maximum Gasteiger partial charge on any atom is 0.305 e. The molecule has 0 unspecified atom stereocenters. The Morgan fingerprint density at radius 1 is 1.04 bits per heavy atom. The van der Waals surface area contributed by atoms with Crippen molar-refractivity contribution in [1.82, 2.24) is 0 Å². The zero-order chi connectivity index (χ0) is 18.2. The number of rotatable bonds is 14. The molecule has 25 heavy (non-hydrogen) atoms. The highest BCUT2D eigenvalue weighted by Gasteiger charge is 2.09. The second kappa shape index (κ2) is 14.5. The van der Waals surface area contributed by atoms with Crippen LogP contribution in [0.2, 0.25) is 0 Å². The molecule has 1 rings (SSSR count). The van der Waals surface area contributed by atoms with E-state index in [9.17, 15) is 9.90 Å². The maximum absolute atomic E-state index is 11.6. The maximum atomic E-state index is 11.6. The summed E-state index contributed by atoms with van der Waals surface area (Å²) in [5, 5.41) is 9.77. The Labute approximate surface area is 151 Å². The van der Waals surface area contributed by atoms with E-state index in [-0.39, 0.29) is 19.2 Å². The molecule has 0 aliphatic carbocycles. The molecular weight excluding hydrogens is 316 g/mol. The molecule has 0 aromatic heterocycles. The number of hydrogen-bond donors (Lipinski definition) is 1. The molecule has 1 aromatic rings. The third-order valence-electron chi connectivity index (χ3n) is 3.81. The van der Waals surface area contributed by atoms with Crippen LogP contribution in [0.25, 0.3) is 0 Å². The van der Waals surface area contributed by atoms with Gasteiger partial charge in [-0.05, 0) is 18.4 Å². The van der Waals surface area contributed by atoms with Crippen LogP contribution in [0, 0.1) is 12.3 Å². The van der Waals surface area contributed by atoms with E-state index in [2.05, 4.69) is 5.92 Å². The Bertz CT molecular complexity index is 492. The summed E-state index contributed by atoms with van der Waals surface area (Å²) in [6, 6.07) is 9.74. The fourth-order valence-corrected chi connectivity index (χ4v) is 2.40. The van der Waals surface area contributed by atoms with E-state index in [1.807, 2.05) is 30.3 Å². The van der Waals surface area contributed by atoms with E-state index in [1.165, 1.54) is 0 Å². The van der Waals surface area contributed by atoms with Gasteiger partial charge in [0.15, 0.2) is 0 Å². The van der Waals surface area contributed by atoms with Gasteiger partial charge < -0.3 is 14.6 Å². The minimum Gasteiger partial charge on any atom is -0.463 e. The summed E-state index contributed by atoms with van der Waals surface area (Å²) in [5.41, 5.74) is 1.05. The van der Waals surface area contributed by atoms with Gasteiger partial charge in [-0.1, -0.05) is 56.0 Å². The van der Waals surface area contributed by atoms with Crippen LogP contribution in [0.1, 0.15) is 56.9 Å². The Balaban J connectivity index is 1.94. The highest BCUT2D eigenvalue weighted by Crippen LogP contribution is 2.09. The number of aliphatic hydroxyl groups excluding tert-OH is 1. The molecule has 0 bridgehead atoms. The normalized spacial score (nSPS) is 11.7. The molecule has 0 amide bonds. The van der Waals surface area contributed by atoms with E-state index in [1.54, 1.807) is 0 Å². The average molecular weight is 346 g/mol. The van der Waals surface area contributed by atoms with Gasteiger partial charge in [-0.2, -0.15) is 0 Å². The molecule has 0 saturated carbocycles. The van der Waals surface area contributed by atoms with Crippen LogP contribution in [0.15, 0.2) is 30.3 Å². The lowest BCUT2D eigenvalue weighted by atomic mass is 10.1. The van der Waals surface area contributed by atoms with Crippen LogP contribution in [0.5, 0.6) is 0 Å². The summed E-state index contributed by atoms with van der Waals surface area (Å²) in [5.74, 6) is 2.38. The number of ether oxygens (including phenoxy) is 2. The van der Waals surface area contributed by atoms with Crippen molar-refractivity contribution in [3.05, 3.63) is 35.9 Å². The van der Waals surface area contributed by atoms with Gasteiger partial charge in [0.2, 0.25) is 0 Å². The highest BCUT2D eigenvalue weighted by molar-refractivity contribution is 5.69. The standard InChI is InChI=1S/C21H30O4/c1-2-3-4-5-6-7-8-12-15-21(23)25-18-20(22)17-24-16-19-13-10-9-11-14-19/h1,9-11,13-14,20,22H,3-8,12,15-18H2/t20-/m0/s1. The summed E-state index contributed by atoms with van der Waals surface area (Å²) in [4.78, 5) is 11.6. The summed E-state index contributed by atoms with van der Waals surface area (Å²) in [6.45, 7) is 0.576. The van der Waals surface area contributed by atoms with Crippen LogP contribution in [-0.2, 0) is 20.9 Å². The zero-order valence-corrected chi connectivity index (χ0v) is 15.0. The van der Waals surface area contributed by atoms with Gasteiger partial charge >= 0.3 is 5.97 Å². The number of benzene rings is 1. The fraction of sp³-hybridized carbons (Fsp3) is 0.571. The Morgan fingerprint density at radius 2 is 1.72 bits per heavy atom. The zero-order valence-electron chi connectivity index (χ0n) is 15.0. The molecule has 138 valence electrons. The first-order chi connectivity index (χ1) is 12.2. The van der Waals surface area contributed by atoms with Gasteiger partial charge in [0, 0.05) is 12.8 Å². The van der Waals surface area contributed by atoms with Crippen molar-refractivity contribution in [2.45, 2.75) is 64.1 Å². The fourth-order valence-electron chi connectivity index (χ4n) is 2.40. The van der Waals surface area contributed by atoms with Gasteiger partial charge in [-0.25, -0.2) is 0 Å². The van der Waals surface area contributed by atoms with Gasteiger partial charge in [0.1, 0.15) is 12.7 Å². The number of carbonyl (C=O) groups excluding carboxylic acids is 1. The molecule has 0 heterocycles. The topological polar surface area (TPSA) is 55.8 Å². The first kappa shape index (κ1) is 21.2. The number of esters is 1. The van der Waals surface area contributed by atoms with Crippen molar-refractivity contribution in [2.24, 2.45) is 0 Å². The smallest absolute Gasteiger partial charge is 0.305 e. The van der Waals surface area contributed by atoms with Crippen LogP contribution in [0.4, 0.5) is 0 Å². The number of unbranched alkanes of at least 4 members (excludes halogenated alkanes) is 6. The van der Waals surface area contributed by atoms with Crippen molar-refractivity contribution in [2.75, 3.05) is 13.2 Å². The van der Waals surface area contributed by atoms with Crippen molar-refractivity contribution >= 4 is 5.97 Å². The third kappa shape index (κ3) is 12.2. The molecule has 0 saturated heterocycles. The molecular formula is C21H30O4. The third-order valence-corrected chi connectivity index (χ3v) is 3.81. The lowest BCUT2D eigenvalue weighted by molar-refractivity contribution is -0.148. The highest BCUT2D eigenvalue weighted by atomic mass is 16.5. The molecule has 1 N–H and O–H groups in total. The van der Waals surface area contributed by atoms with E-state index < -0.39 is 6.10 Å². The van der Waals surface area contributed by atoms with Crippen LogP contribution < -0.4 is 0 Å². The first-order valence-corrected chi connectivity index (χ1v) is 9.11. The summed E-state index contributed by atoms with van der Waals surface area (Å²) in [7, 11) is 0. The van der Waals surface area contributed by atoms with Gasteiger partial charge in [0.05, 0.1) is 13.2 Å². The molecule has 0 fully saturated rings. The van der Waals surface area contributed by atoms with Crippen molar-refractivity contribution in [1.29, 1.82) is 0 Å². The summed E-state index contributed by atoms with van der Waals surface area (Å²) >= 11 is 0. The lowest BCUT2D eigenvalue weighted by Crippen LogP contribution is -2.23. The monoisotopic (exact) mass is 346 g/mol. The molecule has 0 radical (unpaired) electrons. The average Bonchev–Trinajstić information content (AvgIpc) is 2.63. The second-order valence-corrected chi connectivity index (χ2v) is 6.16. The molecule has 0 aliphatic heterocycles. The van der Waals surface area contributed by atoms with Crippen molar-refractivity contribution < 1.29 is 19.4 Å².